The molecule has 1 unspecified atom stereocenters. The lowest BCUT2D eigenvalue weighted by molar-refractivity contribution is -0.138. The lowest BCUT2D eigenvalue weighted by Crippen LogP contribution is -2.19. The van der Waals surface area contributed by atoms with Crippen LogP contribution in [0.3, 0.4) is 0 Å². The standard InChI is InChI=1S/C15H20N2O4.CH4N2/c1-21-14-10-11(6-7-13(14)18)4-3-9-17-12(15(19)20)5-2-8-16;2-1-3/h3-4,6-7,9-10,12,18H,2,5,8,16H2,1H3,(H,19,20);1H,(H3,2,3)/b4-3+,17-9?;. The summed E-state index contributed by atoms with van der Waals surface area (Å²) in [5, 5.41) is 24.3. The monoisotopic (exact) mass is 336 g/mol. The molecule has 1 atom stereocenters. The van der Waals surface area contributed by atoms with E-state index in [4.69, 9.17) is 21.0 Å². The summed E-state index contributed by atoms with van der Waals surface area (Å²) in [6.45, 7) is 0.447. The number of rotatable bonds is 8. The highest BCUT2D eigenvalue weighted by Crippen LogP contribution is 2.26. The number of aliphatic carboxylic acids is 1. The molecular weight excluding hydrogens is 312 g/mol. The largest absolute Gasteiger partial charge is 0.504 e. The third kappa shape index (κ3) is 8.54. The van der Waals surface area contributed by atoms with Gasteiger partial charge in [0.25, 0.3) is 0 Å². The zero-order valence-electron chi connectivity index (χ0n) is 13.6. The highest BCUT2D eigenvalue weighted by Gasteiger charge is 2.13. The second-order valence-electron chi connectivity index (χ2n) is 4.54. The summed E-state index contributed by atoms with van der Waals surface area (Å²) in [6.07, 6.45) is 6.63. The summed E-state index contributed by atoms with van der Waals surface area (Å²) in [7, 11) is 1.47. The smallest absolute Gasteiger partial charge is 0.328 e. The Morgan fingerprint density at radius 1 is 1.50 bits per heavy atom. The van der Waals surface area contributed by atoms with Crippen molar-refractivity contribution in [2.75, 3.05) is 13.7 Å². The second kappa shape index (κ2) is 12.7. The summed E-state index contributed by atoms with van der Waals surface area (Å²) < 4.78 is 5.00. The Kier molecular flexibility index (Phi) is 11.1. The predicted octanol–water partition coefficient (Wildman–Crippen LogP) is 1.23. The van der Waals surface area contributed by atoms with Gasteiger partial charge in [-0.1, -0.05) is 12.1 Å². The molecule has 8 nitrogen and oxygen atoms in total. The molecule has 0 fully saturated rings. The number of aliphatic imine (C=N–C) groups is 1. The van der Waals surface area contributed by atoms with Crippen molar-refractivity contribution in [2.24, 2.45) is 16.5 Å². The van der Waals surface area contributed by atoms with Gasteiger partial charge in [-0.15, -0.1) is 0 Å². The maximum atomic E-state index is 11.0. The SMILES string of the molecule is COc1cc(/C=C/C=NC(CCCN)C(=O)O)ccc1O.N=CN. The molecule has 24 heavy (non-hydrogen) atoms. The fraction of sp³-hybridized carbons (Fsp3) is 0.312. The number of hydrogen-bond acceptors (Lipinski definition) is 6. The molecule has 0 heterocycles. The van der Waals surface area contributed by atoms with E-state index in [1.807, 2.05) is 0 Å². The van der Waals surface area contributed by atoms with Crippen LogP contribution in [0.1, 0.15) is 18.4 Å². The molecule has 1 aromatic carbocycles. The normalized spacial score (nSPS) is 11.8. The van der Waals surface area contributed by atoms with Crippen LogP contribution in [-0.4, -0.2) is 48.4 Å². The molecule has 8 heteroatoms. The minimum atomic E-state index is -0.959. The number of phenols is 1. The topological polar surface area (TPSA) is 155 Å². The van der Waals surface area contributed by atoms with Gasteiger partial charge < -0.3 is 26.4 Å². The minimum Gasteiger partial charge on any atom is -0.504 e. The number of ether oxygens (including phenoxy) is 1. The van der Waals surface area contributed by atoms with Crippen LogP contribution in [-0.2, 0) is 4.79 Å². The van der Waals surface area contributed by atoms with Gasteiger partial charge in [0.15, 0.2) is 11.5 Å². The van der Waals surface area contributed by atoms with Gasteiger partial charge in [-0.25, -0.2) is 4.79 Å². The number of carboxylic acids is 1. The Hall–Kier alpha value is -2.87. The zero-order chi connectivity index (χ0) is 18.4. The lowest BCUT2D eigenvalue weighted by Gasteiger charge is -2.05. The summed E-state index contributed by atoms with van der Waals surface area (Å²) in [5.74, 6) is -0.518. The van der Waals surface area contributed by atoms with Crippen LogP contribution >= 0.6 is 0 Å². The molecule has 0 amide bonds. The van der Waals surface area contributed by atoms with E-state index < -0.39 is 12.0 Å². The highest BCUT2D eigenvalue weighted by molar-refractivity contribution is 5.82. The number of nitrogens with zero attached hydrogens (tertiary/aromatic N) is 1. The van der Waals surface area contributed by atoms with Crippen molar-refractivity contribution in [3.8, 4) is 11.5 Å². The van der Waals surface area contributed by atoms with Gasteiger partial charge in [0.1, 0.15) is 6.04 Å². The fourth-order valence-corrected chi connectivity index (χ4v) is 1.68. The van der Waals surface area contributed by atoms with Gasteiger partial charge in [0, 0.05) is 6.21 Å². The summed E-state index contributed by atoms with van der Waals surface area (Å²) in [5.41, 5.74) is 10.6. The fourth-order valence-electron chi connectivity index (χ4n) is 1.68. The molecule has 0 saturated heterocycles. The third-order valence-corrected chi connectivity index (χ3v) is 2.81. The number of nitrogens with two attached hydrogens (primary N) is 2. The molecule has 0 aromatic heterocycles. The number of methoxy groups -OCH3 is 1. The van der Waals surface area contributed by atoms with Crippen molar-refractivity contribution in [3.05, 3.63) is 29.8 Å². The van der Waals surface area contributed by atoms with E-state index in [0.717, 1.165) is 11.9 Å². The Bertz CT molecular complexity index is 573. The van der Waals surface area contributed by atoms with Crippen molar-refractivity contribution in [2.45, 2.75) is 18.9 Å². The Morgan fingerprint density at radius 3 is 2.71 bits per heavy atom. The number of aromatic hydroxyl groups is 1. The van der Waals surface area contributed by atoms with E-state index in [1.54, 1.807) is 24.3 Å². The molecule has 1 rings (SSSR count). The van der Waals surface area contributed by atoms with Crippen LogP contribution in [0.2, 0.25) is 0 Å². The van der Waals surface area contributed by atoms with E-state index in [9.17, 15) is 9.90 Å². The van der Waals surface area contributed by atoms with Crippen molar-refractivity contribution < 1.29 is 19.7 Å². The van der Waals surface area contributed by atoms with Crippen LogP contribution in [0.5, 0.6) is 11.5 Å². The molecule has 132 valence electrons. The molecule has 0 aliphatic carbocycles. The molecule has 0 radical (unpaired) electrons. The van der Waals surface area contributed by atoms with Crippen molar-refractivity contribution >= 4 is 24.6 Å². The van der Waals surface area contributed by atoms with Gasteiger partial charge in [-0.05, 0) is 43.2 Å². The van der Waals surface area contributed by atoms with Gasteiger partial charge in [0.2, 0.25) is 0 Å². The average molecular weight is 336 g/mol. The quantitative estimate of drug-likeness (QED) is 0.355. The molecule has 0 aliphatic rings. The second-order valence-corrected chi connectivity index (χ2v) is 4.54. The van der Waals surface area contributed by atoms with Gasteiger partial charge >= 0.3 is 5.97 Å². The van der Waals surface area contributed by atoms with E-state index >= 15 is 0 Å². The highest BCUT2D eigenvalue weighted by atomic mass is 16.5. The predicted molar refractivity (Wildman–Crippen MR) is 94.9 cm³/mol. The number of allylic oxidation sites excluding steroid dienone is 1. The van der Waals surface area contributed by atoms with Crippen molar-refractivity contribution in [1.29, 1.82) is 5.41 Å². The summed E-state index contributed by atoms with van der Waals surface area (Å²) in [4.78, 5) is 15.0. The summed E-state index contributed by atoms with van der Waals surface area (Å²) in [6, 6.07) is 4.14. The molecular formula is C16H24N4O4. The number of phenolic OH excluding ortho intramolecular Hbond substituents is 1. The molecule has 0 bridgehead atoms. The minimum absolute atomic E-state index is 0.0658. The Morgan fingerprint density at radius 2 is 2.17 bits per heavy atom. The van der Waals surface area contributed by atoms with E-state index in [2.05, 4.69) is 10.7 Å². The maximum Gasteiger partial charge on any atom is 0.328 e. The van der Waals surface area contributed by atoms with Gasteiger partial charge in [-0.3, -0.25) is 10.4 Å². The number of carboxylic acid groups (broad SMARTS) is 1. The van der Waals surface area contributed by atoms with E-state index in [0.29, 0.717) is 25.1 Å². The van der Waals surface area contributed by atoms with Crippen LogP contribution in [0.15, 0.2) is 29.3 Å². The average Bonchev–Trinajstić information content (AvgIpc) is 2.56. The number of carbonyl (C=O) groups is 1. The Balaban J connectivity index is 0.00000163. The van der Waals surface area contributed by atoms with Gasteiger partial charge in [0.05, 0.1) is 13.4 Å². The van der Waals surface area contributed by atoms with Crippen LogP contribution < -0.4 is 16.2 Å². The number of nitrogens with one attached hydrogen (secondary N) is 1. The Labute approximate surface area is 141 Å². The first-order valence-corrected chi connectivity index (χ1v) is 7.20. The number of benzene rings is 1. The van der Waals surface area contributed by atoms with Crippen molar-refractivity contribution in [1.82, 2.24) is 0 Å². The first-order valence-electron chi connectivity index (χ1n) is 7.20. The van der Waals surface area contributed by atoms with E-state index in [-0.39, 0.29) is 5.75 Å². The van der Waals surface area contributed by atoms with Crippen LogP contribution in [0.4, 0.5) is 0 Å². The van der Waals surface area contributed by atoms with Crippen LogP contribution in [0, 0.1) is 5.41 Å². The van der Waals surface area contributed by atoms with E-state index in [1.165, 1.54) is 19.4 Å². The molecule has 7 N–H and O–H groups in total. The molecule has 0 aliphatic heterocycles. The third-order valence-electron chi connectivity index (χ3n) is 2.81. The zero-order valence-corrected chi connectivity index (χ0v) is 13.6. The molecule has 0 saturated carbocycles. The summed E-state index contributed by atoms with van der Waals surface area (Å²) >= 11 is 0. The van der Waals surface area contributed by atoms with Crippen molar-refractivity contribution in [3.63, 3.8) is 0 Å². The maximum absolute atomic E-state index is 11.0. The number of hydrogen-bond donors (Lipinski definition) is 5. The van der Waals surface area contributed by atoms with Crippen LogP contribution in [0.25, 0.3) is 6.08 Å². The first kappa shape index (κ1) is 21.1. The molecule has 1 aromatic rings. The molecule has 0 spiro atoms. The first-order chi connectivity index (χ1) is 11.5. The lowest BCUT2D eigenvalue weighted by atomic mass is 10.1. The van der Waals surface area contributed by atoms with Gasteiger partial charge in [-0.2, -0.15) is 0 Å².